The quantitative estimate of drug-likeness (QED) is 0.818. The summed E-state index contributed by atoms with van der Waals surface area (Å²) in [5.74, 6) is 0. The molecule has 2 fully saturated rings. The maximum atomic E-state index is 3.98. The van der Waals surface area contributed by atoms with E-state index in [-0.39, 0.29) is 0 Å². The Labute approximate surface area is 136 Å². The Hall–Kier alpha value is -0.860. The van der Waals surface area contributed by atoms with Crippen LogP contribution in [-0.2, 0) is 0 Å². The van der Waals surface area contributed by atoms with E-state index in [9.17, 15) is 0 Å². The van der Waals surface area contributed by atoms with Crippen LogP contribution < -0.4 is 5.32 Å². The first-order valence-corrected chi connectivity index (χ1v) is 9.35. The lowest BCUT2D eigenvalue weighted by Crippen LogP contribution is -2.51. The largest absolute Gasteiger partial charge is 0.306 e. The summed E-state index contributed by atoms with van der Waals surface area (Å²) in [6.45, 7) is 8.84. The molecular weight excluding hydrogens is 268 g/mol. The molecule has 0 aromatic rings. The molecule has 1 N–H and O–H groups in total. The molecule has 3 unspecified atom stereocenters. The fourth-order valence-corrected chi connectivity index (χ4v) is 4.54. The van der Waals surface area contributed by atoms with Crippen molar-refractivity contribution in [1.82, 2.24) is 10.2 Å². The zero-order valence-corrected chi connectivity index (χ0v) is 14.2. The standard InChI is InChI=1S/C20H32N2/c1-3-16-11-12-18(15-17(16)4-2)21-19-9-8-10-20(19)22-13-6-5-7-14-22/h3,11,15,18-21H,1,4-10,12-14H2,2H3. The molecule has 3 atom stereocenters. The summed E-state index contributed by atoms with van der Waals surface area (Å²) in [6, 6.07) is 1.99. The van der Waals surface area contributed by atoms with Crippen LogP contribution in [0.1, 0.15) is 58.3 Å². The second-order valence-corrected chi connectivity index (χ2v) is 7.12. The smallest absolute Gasteiger partial charge is 0.0293 e. The van der Waals surface area contributed by atoms with Crippen molar-refractivity contribution < 1.29 is 0 Å². The van der Waals surface area contributed by atoms with Gasteiger partial charge in [-0.05, 0) is 62.8 Å². The summed E-state index contributed by atoms with van der Waals surface area (Å²) < 4.78 is 0. The van der Waals surface area contributed by atoms with E-state index in [1.165, 1.54) is 62.8 Å². The van der Waals surface area contributed by atoms with Crippen molar-refractivity contribution in [2.45, 2.75) is 76.4 Å². The van der Waals surface area contributed by atoms with E-state index in [1.54, 1.807) is 0 Å². The van der Waals surface area contributed by atoms with Crippen LogP contribution in [-0.4, -0.2) is 36.1 Å². The Morgan fingerprint density at radius 1 is 1.23 bits per heavy atom. The highest BCUT2D eigenvalue weighted by molar-refractivity contribution is 5.42. The van der Waals surface area contributed by atoms with Crippen molar-refractivity contribution in [2.24, 2.45) is 0 Å². The molecule has 2 heteroatoms. The first kappa shape index (κ1) is 16.0. The van der Waals surface area contributed by atoms with E-state index in [4.69, 9.17) is 0 Å². The van der Waals surface area contributed by atoms with Crippen LogP contribution in [0.5, 0.6) is 0 Å². The van der Waals surface area contributed by atoms with Gasteiger partial charge >= 0.3 is 0 Å². The van der Waals surface area contributed by atoms with E-state index < -0.39 is 0 Å². The van der Waals surface area contributed by atoms with Crippen molar-refractivity contribution in [1.29, 1.82) is 0 Å². The molecular formula is C20H32N2. The topological polar surface area (TPSA) is 15.3 Å². The minimum Gasteiger partial charge on any atom is -0.306 e. The van der Waals surface area contributed by atoms with Crippen molar-refractivity contribution in [2.75, 3.05) is 13.1 Å². The molecule has 0 amide bonds. The van der Waals surface area contributed by atoms with Gasteiger partial charge in [-0.25, -0.2) is 0 Å². The number of rotatable bonds is 5. The number of nitrogens with one attached hydrogen (secondary N) is 1. The molecule has 2 nitrogen and oxygen atoms in total. The van der Waals surface area contributed by atoms with E-state index in [0.717, 1.165) is 18.9 Å². The molecule has 0 spiro atoms. The Balaban J connectivity index is 1.61. The normalized spacial score (nSPS) is 33.4. The molecule has 1 saturated carbocycles. The van der Waals surface area contributed by atoms with E-state index >= 15 is 0 Å². The molecule has 0 aromatic heterocycles. The first-order valence-electron chi connectivity index (χ1n) is 9.35. The molecule has 1 aliphatic heterocycles. The second kappa shape index (κ2) is 7.61. The zero-order chi connectivity index (χ0) is 15.4. The fourth-order valence-electron chi connectivity index (χ4n) is 4.54. The molecule has 1 heterocycles. The molecule has 0 bridgehead atoms. The van der Waals surface area contributed by atoms with E-state index in [1.807, 2.05) is 6.08 Å². The van der Waals surface area contributed by atoms with E-state index in [2.05, 4.69) is 35.9 Å². The van der Waals surface area contributed by atoms with Gasteiger partial charge in [0.05, 0.1) is 0 Å². The van der Waals surface area contributed by atoms with Crippen LogP contribution in [0.25, 0.3) is 0 Å². The maximum absolute atomic E-state index is 3.98. The monoisotopic (exact) mass is 300 g/mol. The Kier molecular flexibility index (Phi) is 5.54. The average molecular weight is 300 g/mol. The van der Waals surface area contributed by atoms with Gasteiger partial charge in [-0.15, -0.1) is 0 Å². The average Bonchev–Trinajstić information content (AvgIpc) is 3.03. The second-order valence-electron chi connectivity index (χ2n) is 7.12. The third kappa shape index (κ3) is 3.55. The summed E-state index contributed by atoms with van der Waals surface area (Å²) in [5, 5.41) is 3.98. The summed E-state index contributed by atoms with van der Waals surface area (Å²) in [5.41, 5.74) is 2.81. The summed E-state index contributed by atoms with van der Waals surface area (Å²) in [7, 11) is 0. The van der Waals surface area contributed by atoms with Gasteiger partial charge < -0.3 is 5.32 Å². The van der Waals surface area contributed by atoms with Gasteiger partial charge in [-0.2, -0.15) is 0 Å². The van der Waals surface area contributed by atoms with E-state index in [0.29, 0.717) is 12.1 Å². The number of likely N-dealkylation sites (tertiary alicyclic amines) is 1. The van der Waals surface area contributed by atoms with Crippen LogP contribution in [0, 0.1) is 0 Å². The number of hydrogen-bond acceptors (Lipinski definition) is 2. The van der Waals surface area contributed by atoms with Gasteiger partial charge in [0.1, 0.15) is 0 Å². The predicted molar refractivity (Wildman–Crippen MR) is 95.0 cm³/mol. The van der Waals surface area contributed by atoms with Crippen LogP contribution in [0.3, 0.4) is 0 Å². The summed E-state index contributed by atoms with van der Waals surface area (Å²) in [4.78, 5) is 2.77. The Bertz CT molecular complexity index is 443. The third-order valence-electron chi connectivity index (χ3n) is 5.73. The summed E-state index contributed by atoms with van der Waals surface area (Å²) >= 11 is 0. The molecule has 1 saturated heterocycles. The SMILES string of the molecule is C=CC1=CCC(NC2CCCC2N2CCCCC2)C=C1CC. The minimum absolute atomic E-state index is 0.522. The van der Waals surface area contributed by atoms with Gasteiger partial charge in [0, 0.05) is 18.1 Å². The van der Waals surface area contributed by atoms with Crippen molar-refractivity contribution >= 4 is 0 Å². The number of nitrogens with zero attached hydrogens (tertiary/aromatic N) is 1. The highest BCUT2D eigenvalue weighted by Gasteiger charge is 2.33. The van der Waals surface area contributed by atoms with Crippen LogP contribution in [0.2, 0.25) is 0 Å². The fraction of sp³-hybridized carbons (Fsp3) is 0.700. The first-order chi connectivity index (χ1) is 10.8. The highest BCUT2D eigenvalue weighted by Crippen LogP contribution is 2.29. The lowest BCUT2D eigenvalue weighted by atomic mass is 9.92. The molecule has 0 radical (unpaired) electrons. The van der Waals surface area contributed by atoms with Gasteiger partial charge in [-0.1, -0.05) is 44.6 Å². The Morgan fingerprint density at radius 2 is 2.05 bits per heavy atom. The predicted octanol–water partition coefficient (Wildman–Crippen LogP) is 4.20. The highest BCUT2D eigenvalue weighted by atomic mass is 15.2. The van der Waals surface area contributed by atoms with Crippen molar-refractivity contribution in [3.8, 4) is 0 Å². The summed E-state index contributed by atoms with van der Waals surface area (Å²) in [6.07, 6.45) is 17.4. The zero-order valence-electron chi connectivity index (χ0n) is 14.2. The third-order valence-corrected chi connectivity index (χ3v) is 5.73. The molecule has 22 heavy (non-hydrogen) atoms. The van der Waals surface area contributed by atoms with Crippen LogP contribution in [0.15, 0.2) is 36.0 Å². The van der Waals surface area contributed by atoms with Gasteiger partial charge in [0.2, 0.25) is 0 Å². The van der Waals surface area contributed by atoms with Gasteiger partial charge in [-0.3, -0.25) is 4.90 Å². The molecule has 0 aromatic carbocycles. The van der Waals surface area contributed by atoms with Crippen molar-refractivity contribution in [3.63, 3.8) is 0 Å². The maximum Gasteiger partial charge on any atom is 0.0293 e. The van der Waals surface area contributed by atoms with Crippen LogP contribution >= 0.6 is 0 Å². The van der Waals surface area contributed by atoms with Gasteiger partial charge in [0.25, 0.3) is 0 Å². The number of allylic oxidation sites excluding steroid dienone is 3. The number of hydrogen-bond donors (Lipinski definition) is 1. The van der Waals surface area contributed by atoms with Gasteiger partial charge in [0.15, 0.2) is 0 Å². The lowest BCUT2D eigenvalue weighted by Gasteiger charge is -2.37. The lowest BCUT2D eigenvalue weighted by molar-refractivity contribution is 0.141. The van der Waals surface area contributed by atoms with Crippen molar-refractivity contribution in [3.05, 3.63) is 36.0 Å². The van der Waals surface area contributed by atoms with Crippen LogP contribution in [0.4, 0.5) is 0 Å². The number of piperidine rings is 1. The molecule has 122 valence electrons. The molecule has 3 rings (SSSR count). The minimum atomic E-state index is 0.522. The molecule has 2 aliphatic carbocycles. The molecule has 3 aliphatic rings. The Morgan fingerprint density at radius 3 is 2.77 bits per heavy atom.